The van der Waals surface area contributed by atoms with Gasteiger partial charge in [0, 0.05) is 31.7 Å². The van der Waals surface area contributed by atoms with Crippen molar-refractivity contribution in [2.75, 3.05) is 26.2 Å². The van der Waals surface area contributed by atoms with Crippen LogP contribution in [0.5, 0.6) is 0 Å². The van der Waals surface area contributed by atoms with Gasteiger partial charge in [-0.2, -0.15) is 26.3 Å². The summed E-state index contributed by atoms with van der Waals surface area (Å²) in [6, 6.07) is -1.11. The van der Waals surface area contributed by atoms with Crippen molar-refractivity contribution in [3.63, 3.8) is 0 Å². The highest BCUT2D eigenvalue weighted by molar-refractivity contribution is 5.40. The quantitative estimate of drug-likeness (QED) is 0.651. The Kier molecular flexibility index (Phi) is 5.24. The van der Waals surface area contributed by atoms with Gasteiger partial charge in [-0.1, -0.05) is 6.08 Å². The molecule has 0 spiro atoms. The average molecular weight is 356 g/mol. The summed E-state index contributed by atoms with van der Waals surface area (Å²) in [5.74, 6) is -1.54. The summed E-state index contributed by atoms with van der Waals surface area (Å²) in [4.78, 5) is 1.55. The molecule has 0 aromatic heterocycles. The Bertz CT molecular complexity index is 601. The number of hydrogen-bond donors (Lipinski definition) is 1. The van der Waals surface area contributed by atoms with E-state index in [1.165, 1.54) is 0 Å². The molecule has 0 saturated carbocycles. The van der Waals surface area contributed by atoms with E-state index in [1.807, 2.05) is 0 Å². The number of nitrogens with zero attached hydrogens (tertiary/aromatic N) is 1. The van der Waals surface area contributed by atoms with E-state index >= 15 is 0 Å². The summed E-state index contributed by atoms with van der Waals surface area (Å²) in [6.07, 6.45) is -9.07. The Hall–Kier alpha value is -1.61. The van der Waals surface area contributed by atoms with Gasteiger partial charge in [0.15, 0.2) is 0 Å². The van der Waals surface area contributed by atoms with Gasteiger partial charge in [-0.25, -0.2) is 4.39 Å². The molecule has 2 rings (SSSR count). The van der Waals surface area contributed by atoms with Crippen molar-refractivity contribution in [2.24, 2.45) is 0 Å². The van der Waals surface area contributed by atoms with E-state index in [1.54, 1.807) is 4.90 Å². The van der Waals surface area contributed by atoms with E-state index in [9.17, 15) is 30.7 Å². The summed E-state index contributed by atoms with van der Waals surface area (Å²) < 4.78 is 92.3. The minimum Gasteiger partial charge on any atom is -0.314 e. The van der Waals surface area contributed by atoms with Crippen molar-refractivity contribution >= 4 is 0 Å². The molecule has 0 unspecified atom stereocenters. The largest absolute Gasteiger partial charge is 0.416 e. The first kappa shape index (κ1) is 18.7. The normalized spacial score (nSPS) is 18.5. The molecule has 24 heavy (non-hydrogen) atoms. The van der Waals surface area contributed by atoms with Crippen LogP contribution in [-0.4, -0.2) is 31.1 Å². The Morgan fingerprint density at radius 1 is 1.04 bits per heavy atom. The molecule has 134 valence electrons. The number of rotatable bonds is 3. The second kappa shape index (κ2) is 6.72. The Morgan fingerprint density at radius 3 is 2.08 bits per heavy atom. The van der Waals surface area contributed by atoms with Crippen LogP contribution in [0.1, 0.15) is 22.7 Å². The summed E-state index contributed by atoms with van der Waals surface area (Å²) in [5.41, 5.74) is -4.12. The van der Waals surface area contributed by atoms with Crippen molar-refractivity contribution in [1.29, 1.82) is 0 Å². The minimum absolute atomic E-state index is 0.0445. The Labute approximate surface area is 133 Å². The molecule has 2 nitrogen and oxygen atoms in total. The predicted molar refractivity (Wildman–Crippen MR) is 73.8 cm³/mol. The molecular formula is C15H15F7N2. The smallest absolute Gasteiger partial charge is 0.314 e. The standard InChI is InChI=1S/C15H15F7N2/c1-2-12(24-5-3-23-4-6-24)13-10(15(20,21)22)7-9(8-11(13)16)14(17,18)19/h2,7-8,12,23H,1,3-6H2/t12-/m1/s1. The van der Waals surface area contributed by atoms with Gasteiger partial charge < -0.3 is 5.32 Å². The van der Waals surface area contributed by atoms with Crippen LogP contribution in [-0.2, 0) is 12.4 Å². The second-order valence-corrected chi connectivity index (χ2v) is 5.38. The molecular weight excluding hydrogens is 341 g/mol. The van der Waals surface area contributed by atoms with E-state index in [2.05, 4.69) is 11.9 Å². The molecule has 1 N–H and O–H groups in total. The van der Waals surface area contributed by atoms with E-state index in [0.717, 1.165) is 6.08 Å². The van der Waals surface area contributed by atoms with Crippen molar-refractivity contribution in [2.45, 2.75) is 18.4 Å². The van der Waals surface area contributed by atoms with Gasteiger partial charge in [0.25, 0.3) is 0 Å². The summed E-state index contributed by atoms with van der Waals surface area (Å²) >= 11 is 0. The number of halogens is 7. The van der Waals surface area contributed by atoms with Gasteiger partial charge in [-0.3, -0.25) is 4.90 Å². The van der Waals surface area contributed by atoms with Crippen LogP contribution >= 0.6 is 0 Å². The highest BCUT2D eigenvalue weighted by atomic mass is 19.4. The molecule has 9 heteroatoms. The lowest BCUT2D eigenvalue weighted by Crippen LogP contribution is -2.45. The van der Waals surface area contributed by atoms with Gasteiger partial charge >= 0.3 is 12.4 Å². The zero-order valence-corrected chi connectivity index (χ0v) is 12.4. The number of alkyl halides is 6. The van der Waals surface area contributed by atoms with Crippen molar-refractivity contribution in [3.8, 4) is 0 Å². The molecule has 1 aliphatic rings. The molecule has 0 radical (unpaired) electrons. The third kappa shape index (κ3) is 3.89. The van der Waals surface area contributed by atoms with Gasteiger partial charge in [0.05, 0.1) is 17.2 Å². The number of nitrogens with one attached hydrogen (secondary N) is 1. The fraction of sp³-hybridized carbons (Fsp3) is 0.467. The van der Waals surface area contributed by atoms with Crippen LogP contribution in [0.3, 0.4) is 0 Å². The topological polar surface area (TPSA) is 15.3 Å². The predicted octanol–water partition coefficient (Wildman–Crippen LogP) is 4.00. The van der Waals surface area contributed by atoms with Crippen LogP contribution in [0.2, 0.25) is 0 Å². The van der Waals surface area contributed by atoms with Crippen molar-refractivity contribution in [3.05, 3.63) is 47.3 Å². The molecule has 1 fully saturated rings. The third-order valence-electron chi connectivity index (χ3n) is 3.83. The SMILES string of the molecule is C=C[C@H](c1c(F)cc(C(F)(F)F)cc1C(F)(F)F)N1CCNCC1. The second-order valence-electron chi connectivity index (χ2n) is 5.38. The molecule has 1 atom stereocenters. The Morgan fingerprint density at radius 2 is 1.62 bits per heavy atom. The van der Waals surface area contributed by atoms with E-state index in [0.29, 0.717) is 26.2 Å². The summed E-state index contributed by atoms with van der Waals surface area (Å²) in [7, 11) is 0. The van der Waals surface area contributed by atoms with Gasteiger partial charge in [0.2, 0.25) is 0 Å². The van der Waals surface area contributed by atoms with Crippen LogP contribution in [0.15, 0.2) is 24.8 Å². The monoisotopic (exact) mass is 356 g/mol. The van der Waals surface area contributed by atoms with E-state index < -0.39 is 40.9 Å². The van der Waals surface area contributed by atoms with Crippen LogP contribution < -0.4 is 5.32 Å². The number of benzene rings is 1. The first-order chi connectivity index (χ1) is 11.1. The maximum atomic E-state index is 14.3. The fourth-order valence-electron chi connectivity index (χ4n) is 2.73. The first-order valence-electron chi connectivity index (χ1n) is 7.11. The Balaban J connectivity index is 2.60. The third-order valence-corrected chi connectivity index (χ3v) is 3.83. The lowest BCUT2D eigenvalue weighted by molar-refractivity contribution is -0.144. The molecule has 1 saturated heterocycles. The zero-order chi connectivity index (χ0) is 18.1. The lowest BCUT2D eigenvalue weighted by Gasteiger charge is -2.35. The molecule has 1 aliphatic heterocycles. The highest BCUT2D eigenvalue weighted by Crippen LogP contribution is 2.42. The van der Waals surface area contributed by atoms with Gasteiger partial charge in [-0.05, 0) is 12.1 Å². The van der Waals surface area contributed by atoms with Crippen LogP contribution in [0.4, 0.5) is 30.7 Å². The van der Waals surface area contributed by atoms with Crippen LogP contribution in [0.25, 0.3) is 0 Å². The zero-order valence-electron chi connectivity index (χ0n) is 12.4. The van der Waals surface area contributed by atoms with E-state index in [-0.39, 0.29) is 12.1 Å². The minimum atomic E-state index is -5.12. The van der Waals surface area contributed by atoms with Gasteiger partial charge in [-0.15, -0.1) is 6.58 Å². The molecule has 0 aliphatic carbocycles. The maximum Gasteiger partial charge on any atom is 0.416 e. The maximum absolute atomic E-state index is 14.3. The number of hydrogen-bond acceptors (Lipinski definition) is 2. The van der Waals surface area contributed by atoms with Crippen molar-refractivity contribution in [1.82, 2.24) is 10.2 Å². The molecule has 1 aromatic carbocycles. The highest BCUT2D eigenvalue weighted by Gasteiger charge is 2.41. The molecule has 0 amide bonds. The van der Waals surface area contributed by atoms with Crippen molar-refractivity contribution < 1.29 is 30.7 Å². The fourth-order valence-corrected chi connectivity index (χ4v) is 2.73. The summed E-state index contributed by atoms with van der Waals surface area (Å²) in [5, 5.41) is 2.99. The summed E-state index contributed by atoms with van der Waals surface area (Å²) in [6.45, 7) is 5.05. The molecule has 1 heterocycles. The van der Waals surface area contributed by atoms with Crippen LogP contribution in [0, 0.1) is 5.82 Å². The molecule has 1 aromatic rings. The first-order valence-corrected chi connectivity index (χ1v) is 7.11. The van der Waals surface area contributed by atoms with E-state index in [4.69, 9.17) is 0 Å². The lowest BCUT2D eigenvalue weighted by atomic mass is 9.95. The molecule has 0 bridgehead atoms. The van der Waals surface area contributed by atoms with Gasteiger partial charge in [0.1, 0.15) is 5.82 Å². The average Bonchev–Trinajstić information content (AvgIpc) is 2.48. The number of piperazine rings is 1.